The van der Waals surface area contributed by atoms with Crippen LogP contribution < -0.4 is 20.1 Å². The third-order valence-electron chi connectivity index (χ3n) is 5.60. The first kappa shape index (κ1) is 23.0. The molecule has 2 aromatic rings. The van der Waals surface area contributed by atoms with E-state index in [0.29, 0.717) is 6.54 Å². The molecule has 0 amide bonds. The van der Waals surface area contributed by atoms with Crippen LogP contribution in [0.3, 0.4) is 0 Å². The van der Waals surface area contributed by atoms with Gasteiger partial charge in [0.05, 0.1) is 0 Å². The van der Waals surface area contributed by atoms with Crippen LogP contribution in [0.5, 0.6) is 11.5 Å². The average Bonchev–Trinajstić information content (AvgIpc) is 3.22. The minimum absolute atomic E-state index is 0. The molecule has 0 saturated carbocycles. The number of aliphatic imine (C=N–C) groups is 1. The maximum absolute atomic E-state index is 6.08. The molecule has 6 nitrogen and oxygen atoms in total. The van der Waals surface area contributed by atoms with E-state index in [1.165, 1.54) is 5.56 Å². The lowest BCUT2D eigenvalue weighted by Gasteiger charge is -2.38. The minimum Gasteiger partial charge on any atom is -0.454 e. The molecule has 2 aromatic carbocycles. The first-order valence-electron chi connectivity index (χ1n) is 9.85. The highest BCUT2D eigenvalue weighted by molar-refractivity contribution is 14.0. The number of benzene rings is 2. The highest BCUT2D eigenvalue weighted by atomic mass is 127. The van der Waals surface area contributed by atoms with Crippen molar-refractivity contribution < 1.29 is 14.2 Å². The van der Waals surface area contributed by atoms with E-state index in [-0.39, 0.29) is 36.2 Å². The van der Waals surface area contributed by atoms with Gasteiger partial charge in [-0.2, -0.15) is 0 Å². The molecule has 0 radical (unpaired) electrons. The van der Waals surface area contributed by atoms with Crippen LogP contribution in [0.1, 0.15) is 24.0 Å². The fourth-order valence-electron chi connectivity index (χ4n) is 3.86. The van der Waals surface area contributed by atoms with Crippen molar-refractivity contribution in [1.29, 1.82) is 0 Å². The predicted octanol–water partition coefficient (Wildman–Crippen LogP) is 4.10. The van der Waals surface area contributed by atoms with Gasteiger partial charge in [0.1, 0.15) is 0 Å². The van der Waals surface area contributed by atoms with Crippen LogP contribution in [0, 0.1) is 0 Å². The lowest BCUT2D eigenvalue weighted by Crippen LogP contribution is -2.47. The number of fused-ring (bicyclic) bond motifs is 1. The van der Waals surface area contributed by atoms with Crippen LogP contribution in [0.4, 0.5) is 0 Å². The number of nitrogens with zero attached hydrogens (tertiary/aromatic N) is 1. The summed E-state index contributed by atoms with van der Waals surface area (Å²) in [6, 6.07) is 14.1. The van der Waals surface area contributed by atoms with E-state index < -0.39 is 0 Å². The minimum atomic E-state index is -0.0487. The van der Waals surface area contributed by atoms with Gasteiger partial charge in [-0.1, -0.05) is 29.8 Å². The Labute approximate surface area is 199 Å². The Kier molecular flexibility index (Phi) is 8.07. The van der Waals surface area contributed by atoms with Crippen molar-refractivity contribution in [2.75, 3.05) is 33.6 Å². The molecule has 1 saturated heterocycles. The van der Waals surface area contributed by atoms with Gasteiger partial charge in [-0.3, -0.25) is 4.99 Å². The molecule has 2 aliphatic rings. The van der Waals surface area contributed by atoms with Gasteiger partial charge < -0.3 is 24.8 Å². The summed E-state index contributed by atoms with van der Waals surface area (Å²) < 4.78 is 16.7. The van der Waals surface area contributed by atoms with Gasteiger partial charge in [0.15, 0.2) is 17.5 Å². The van der Waals surface area contributed by atoms with Crippen molar-refractivity contribution in [2.45, 2.75) is 24.8 Å². The average molecular weight is 544 g/mol. The number of hydrogen-bond donors (Lipinski definition) is 2. The molecule has 30 heavy (non-hydrogen) atoms. The van der Waals surface area contributed by atoms with Crippen LogP contribution in [-0.2, 0) is 16.7 Å². The lowest BCUT2D eigenvalue weighted by molar-refractivity contribution is 0.0513. The van der Waals surface area contributed by atoms with Gasteiger partial charge in [0.2, 0.25) is 6.79 Å². The van der Waals surface area contributed by atoms with E-state index in [2.05, 4.69) is 27.8 Å². The molecular weight excluding hydrogens is 517 g/mol. The van der Waals surface area contributed by atoms with Crippen molar-refractivity contribution in [3.8, 4) is 11.5 Å². The largest absolute Gasteiger partial charge is 0.454 e. The Morgan fingerprint density at radius 3 is 2.63 bits per heavy atom. The molecule has 162 valence electrons. The van der Waals surface area contributed by atoms with Gasteiger partial charge in [-0.25, -0.2) is 0 Å². The van der Waals surface area contributed by atoms with E-state index in [1.54, 1.807) is 7.05 Å². The van der Waals surface area contributed by atoms with Crippen LogP contribution >= 0.6 is 35.6 Å². The van der Waals surface area contributed by atoms with Crippen molar-refractivity contribution in [1.82, 2.24) is 10.6 Å². The molecule has 0 atom stereocenters. The zero-order valence-electron chi connectivity index (χ0n) is 16.9. The zero-order chi connectivity index (χ0) is 20.1. The monoisotopic (exact) mass is 543 g/mol. The summed E-state index contributed by atoms with van der Waals surface area (Å²) in [5.74, 6) is 2.39. The summed E-state index contributed by atoms with van der Waals surface area (Å²) in [6.45, 7) is 3.17. The summed E-state index contributed by atoms with van der Waals surface area (Å²) in [5.41, 5.74) is 2.30. The zero-order valence-corrected chi connectivity index (χ0v) is 20.0. The van der Waals surface area contributed by atoms with Crippen molar-refractivity contribution in [2.24, 2.45) is 4.99 Å². The fourth-order valence-corrected chi connectivity index (χ4v) is 4.08. The molecule has 2 aliphatic heterocycles. The summed E-state index contributed by atoms with van der Waals surface area (Å²) in [4.78, 5) is 4.38. The maximum atomic E-state index is 6.08. The number of nitrogens with one attached hydrogen (secondary N) is 2. The first-order chi connectivity index (χ1) is 14.2. The second kappa shape index (κ2) is 10.5. The van der Waals surface area contributed by atoms with E-state index in [9.17, 15) is 0 Å². The standard InChI is InChI=1S/C22H26ClN3O3.HI/c1-24-21(25-13-16-3-2-4-18(23)11-16)26-14-22(7-9-27-10-8-22)17-5-6-19-20(12-17)29-15-28-19;/h2-6,11-12H,7-10,13-15H2,1H3,(H2,24,25,26);1H. The smallest absolute Gasteiger partial charge is 0.231 e. The Morgan fingerprint density at radius 1 is 1.07 bits per heavy atom. The Balaban J connectivity index is 0.00000256. The van der Waals surface area contributed by atoms with E-state index in [4.69, 9.17) is 25.8 Å². The van der Waals surface area contributed by atoms with Crippen molar-refractivity contribution in [3.63, 3.8) is 0 Å². The highest BCUT2D eigenvalue weighted by Crippen LogP contribution is 2.40. The van der Waals surface area contributed by atoms with Gasteiger partial charge in [0, 0.05) is 43.8 Å². The summed E-state index contributed by atoms with van der Waals surface area (Å²) in [6.07, 6.45) is 1.87. The molecule has 0 bridgehead atoms. The third kappa shape index (κ3) is 5.31. The van der Waals surface area contributed by atoms with Gasteiger partial charge in [-0.15, -0.1) is 24.0 Å². The van der Waals surface area contributed by atoms with Crippen LogP contribution in [0.15, 0.2) is 47.5 Å². The predicted molar refractivity (Wildman–Crippen MR) is 129 cm³/mol. The summed E-state index contributed by atoms with van der Waals surface area (Å²) >= 11 is 6.08. The number of guanidine groups is 1. The molecule has 0 unspecified atom stereocenters. The SMILES string of the molecule is CN=C(NCc1cccc(Cl)c1)NCC1(c2ccc3c(c2)OCO3)CCOCC1.I. The molecule has 0 aliphatic carbocycles. The van der Waals surface area contributed by atoms with Gasteiger partial charge in [0.25, 0.3) is 0 Å². The maximum Gasteiger partial charge on any atom is 0.231 e. The van der Waals surface area contributed by atoms with Crippen molar-refractivity contribution in [3.05, 3.63) is 58.6 Å². The van der Waals surface area contributed by atoms with E-state index >= 15 is 0 Å². The summed E-state index contributed by atoms with van der Waals surface area (Å²) in [5, 5.41) is 7.61. The Morgan fingerprint density at radius 2 is 1.87 bits per heavy atom. The third-order valence-corrected chi connectivity index (χ3v) is 5.84. The molecule has 1 fully saturated rings. The topological polar surface area (TPSA) is 64.1 Å². The number of rotatable bonds is 5. The number of hydrogen-bond acceptors (Lipinski definition) is 4. The lowest BCUT2D eigenvalue weighted by atomic mass is 9.74. The quantitative estimate of drug-likeness (QED) is 0.338. The Hall–Kier alpha value is -1.71. The van der Waals surface area contributed by atoms with Gasteiger partial charge in [-0.05, 0) is 48.2 Å². The van der Waals surface area contributed by atoms with E-state index in [1.807, 2.05) is 30.3 Å². The van der Waals surface area contributed by atoms with Crippen LogP contribution in [0.25, 0.3) is 0 Å². The molecule has 0 spiro atoms. The molecule has 4 rings (SSSR count). The number of halogens is 2. The second-order valence-electron chi connectivity index (χ2n) is 7.37. The fraction of sp³-hybridized carbons (Fsp3) is 0.409. The van der Waals surface area contributed by atoms with Crippen LogP contribution in [0.2, 0.25) is 5.02 Å². The second-order valence-corrected chi connectivity index (χ2v) is 7.81. The van der Waals surface area contributed by atoms with Crippen LogP contribution in [-0.4, -0.2) is 39.6 Å². The molecule has 2 N–H and O–H groups in total. The first-order valence-corrected chi connectivity index (χ1v) is 10.2. The highest BCUT2D eigenvalue weighted by Gasteiger charge is 2.35. The van der Waals surface area contributed by atoms with E-state index in [0.717, 1.165) is 60.6 Å². The Bertz CT molecular complexity index is 888. The normalized spacial score (nSPS) is 17.2. The molecule has 2 heterocycles. The molecular formula is C22H27ClIN3O3. The van der Waals surface area contributed by atoms with Crippen molar-refractivity contribution >= 4 is 41.5 Å². The number of ether oxygens (including phenoxy) is 3. The van der Waals surface area contributed by atoms with Gasteiger partial charge >= 0.3 is 0 Å². The molecule has 8 heteroatoms. The summed E-state index contributed by atoms with van der Waals surface area (Å²) in [7, 11) is 1.78. The molecule has 0 aromatic heterocycles.